The second-order valence-corrected chi connectivity index (χ2v) is 5.98. The van der Waals surface area contributed by atoms with Crippen molar-refractivity contribution in [1.82, 2.24) is 19.8 Å². The number of carbonyl (C=O) groups is 1. The normalized spacial score (nSPS) is 20.7. The monoisotopic (exact) mass is 289 g/mol. The summed E-state index contributed by atoms with van der Waals surface area (Å²) < 4.78 is 0. The molecule has 0 bridgehead atoms. The number of piperidine rings is 1. The van der Waals surface area contributed by atoms with Gasteiger partial charge in [-0.15, -0.1) is 0 Å². The summed E-state index contributed by atoms with van der Waals surface area (Å²) in [5.74, 6) is 1.51. The van der Waals surface area contributed by atoms with Crippen molar-refractivity contribution in [3.05, 3.63) is 18.5 Å². The number of hydrogen-bond acceptors (Lipinski definition) is 4. The number of amides is 2. The predicted octanol–water partition coefficient (Wildman–Crippen LogP) is 1.45. The Balaban J connectivity index is 1.52. The highest BCUT2D eigenvalue weighted by molar-refractivity contribution is 5.74. The zero-order chi connectivity index (χ0) is 14.7. The lowest BCUT2D eigenvalue weighted by molar-refractivity contribution is 0.132. The highest BCUT2D eigenvalue weighted by Crippen LogP contribution is 2.18. The molecule has 2 aliphatic heterocycles. The maximum atomic E-state index is 12.5. The highest BCUT2D eigenvalue weighted by Gasteiger charge is 2.27. The van der Waals surface area contributed by atoms with E-state index in [1.54, 1.807) is 12.4 Å². The van der Waals surface area contributed by atoms with Gasteiger partial charge >= 0.3 is 6.03 Å². The van der Waals surface area contributed by atoms with Crippen molar-refractivity contribution in [2.75, 3.05) is 44.2 Å². The third-order valence-corrected chi connectivity index (χ3v) is 4.44. The number of aromatic nitrogens is 2. The zero-order valence-corrected chi connectivity index (χ0v) is 12.6. The van der Waals surface area contributed by atoms with Crippen molar-refractivity contribution in [2.45, 2.75) is 19.8 Å². The van der Waals surface area contributed by atoms with E-state index in [4.69, 9.17) is 0 Å². The maximum absolute atomic E-state index is 12.5. The standard InChI is InChI=1S/C15H23N5O/c1-13-3-7-19(8-4-13)15(21)20-11-9-18(10-12-20)14-16-5-2-6-17-14/h2,5-6,13H,3-4,7-12H2,1H3. The van der Waals surface area contributed by atoms with Crippen LogP contribution in [0.1, 0.15) is 19.8 Å². The Morgan fingerprint density at radius 1 is 1.00 bits per heavy atom. The molecule has 0 radical (unpaired) electrons. The van der Waals surface area contributed by atoms with E-state index in [1.165, 1.54) is 0 Å². The minimum atomic E-state index is 0.204. The molecule has 6 heteroatoms. The van der Waals surface area contributed by atoms with E-state index in [9.17, 15) is 4.79 Å². The number of urea groups is 1. The Morgan fingerprint density at radius 3 is 2.19 bits per heavy atom. The topological polar surface area (TPSA) is 52.6 Å². The molecule has 2 fully saturated rings. The van der Waals surface area contributed by atoms with Crippen molar-refractivity contribution in [3.8, 4) is 0 Å². The minimum Gasteiger partial charge on any atom is -0.337 e. The van der Waals surface area contributed by atoms with E-state index in [-0.39, 0.29) is 6.03 Å². The van der Waals surface area contributed by atoms with Gasteiger partial charge in [0.15, 0.2) is 0 Å². The summed E-state index contributed by atoms with van der Waals surface area (Å²) in [6.07, 6.45) is 5.77. The smallest absolute Gasteiger partial charge is 0.320 e. The number of rotatable bonds is 1. The number of nitrogens with zero attached hydrogens (tertiary/aromatic N) is 5. The summed E-state index contributed by atoms with van der Waals surface area (Å²) in [6, 6.07) is 2.02. The Labute approximate surface area is 125 Å². The molecule has 0 spiro atoms. The summed E-state index contributed by atoms with van der Waals surface area (Å²) in [5.41, 5.74) is 0. The predicted molar refractivity (Wildman–Crippen MR) is 81.2 cm³/mol. The van der Waals surface area contributed by atoms with Crippen LogP contribution in [0.2, 0.25) is 0 Å². The zero-order valence-electron chi connectivity index (χ0n) is 12.6. The van der Waals surface area contributed by atoms with Crippen molar-refractivity contribution in [3.63, 3.8) is 0 Å². The third kappa shape index (κ3) is 3.25. The van der Waals surface area contributed by atoms with Crippen LogP contribution in [-0.2, 0) is 0 Å². The quantitative estimate of drug-likeness (QED) is 0.785. The third-order valence-electron chi connectivity index (χ3n) is 4.44. The number of carbonyl (C=O) groups excluding carboxylic acids is 1. The summed E-state index contributed by atoms with van der Waals surface area (Å²) in [4.78, 5) is 27.2. The van der Waals surface area contributed by atoms with Gasteiger partial charge in [-0.05, 0) is 24.8 Å². The van der Waals surface area contributed by atoms with Gasteiger partial charge in [-0.25, -0.2) is 14.8 Å². The van der Waals surface area contributed by atoms with Gasteiger partial charge in [0.1, 0.15) is 0 Å². The van der Waals surface area contributed by atoms with Crippen LogP contribution in [0.4, 0.5) is 10.7 Å². The molecule has 0 aromatic carbocycles. The molecule has 2 aliphatic rings. The van der Waals surface area contributed by atoms with Crippen molar-refractivity contribution >= 4 is 12.0 Å². The molecule has 0 unspecified atom stereocenters. The molecule has 6 nitrogen and oxygen atoms in total. The van der Waals surface area contributed by atoms with Crippen molar-refractivity contribution < 1.29 is 4.79 Å². The summed E-state index contributed by atoms with van der Waals surface area (Å²) in [7, 11) is 0. The molecule has 0 aliphatic carbocycles. The Kier molecular flexibility index (Phi) is 4.22. The molecule has 3 heterocycles. The molecular formula is C15H23N5O. The summed E-state index contributed by atoms with van der Waals surface area (Å²) >= 11 is 0. The van der Waals surface area contributed by atoms with Crippen LogP contribution < -0.4 is 4.90 Å². The van der Waals surface area contributed by atoms with Crippen molar-refractivity contribution in [2.24, 2.45) is 5.92 Å². The van der Waals surface area contributed by atoms with Gasteiger partial charge in [0.05, 0.1) is 0 Å². The lowest BCUT2D eigenvalue weighted by atomic mass is 9.99. The van der Waals surface area contributed by atoms with Crippen LogP contribution in [0.15, 0.2) is 18.5 Å². The molecule has 2 amide bonds. The van der Waals surface area contributed by atoms with Crippen LogP contribution in [0.3, 0.4) is 0 Å². The molecule has 1 aromatic heterocycles. The minimum absolute atomic E-state index is 0.204. The first kappa shape index (κ1) is 14.1. The van der Waals surface area contributed by atoms with Gasteiger partial charge in [0, 0.05) is 51.7 Å². The molecule has 0 N–H and O–H groups in total. The lowest BCUT2D eigenvalue weighted by Crippen LogP contribution is -2.54. The number of anilines is 1. The number of hydrogen-bond donors (Lipinski definition) is 0. The summed E-state index contributed by atoms with van der Waals surface area (Å²) in [6.45, 7) is 7.19. The highest BCUT2D eigenvalue weighted by atomic mass is 16.2. The average Bonchev–Trinajstić information content (AvgIpc) is 2.56. The Morgan fingerprint density at radius 2 is 1.57 bits per heavy atom. The molecule has 0 saturated carbocycles. The van der Waals surface area contributed by atoms with Gasteiger partial charge in [-0.3, -0.25) is 0 Å². The van der Waals surface area contributed by atoms with Crippen LogP contribution in [0.5, 0.6) is 0 Å². The fraction of sp³-hybridized carbons (Fsp3) is 0.667. The van der Waals surface area contributed by atoms with Gasteiger partial charge < -0.3 is 14.7 Å². The SMILES string of the molecule is CC1CCN(C(=O)N2CCN(c3ncccn3)CC2)CC1. The molecule has 1 aromatic rings. The summed E-state index contributed by atoms with van der Waals surface area (Å²) in [5, 5.41) is 0. The first-order valence-electron chi connectivity index (χ1n) is 7.80. The second-order valence-electron chi connectivity index (χ2n) is 5.98. The molecule has 114 valence electrons. The molecular weight excluding hydrogens is 266 g/mol. The van der Waals surface area contributed by atoms with Gasteiger partial charge in [-0.2, -0.15) is 0 Å². The fourth-order valence-corrected chi connectivity index (χ4v) is 2.95. The molecule has 0 atom stereocenters. The largest absolute Gasteiger partial charge is 0.337 e. The van der Waals surface area contributed by atoms with E-state index >= 15 is 0 Å². The first-order chi connectivity index (χ1) is 10.2. The molecule has 2 saturated heterocycles. The Hall–Kier alpha value is -1.85. The van der Waals surface area contributed by atoms with Crippen molar-refractivity contribution in [1.29, 1.82) is 0 Å². The Bertz CT molecular complexity index is 464. The van der Waals surface area contributed by atoms with Gasteiger partial charge in [0.2, 0.25) is 5.95 Å². The van der Waals surface area contributed by atoms with E-state index in [0.29, 0.717) is 0 Å². The van der Waals surface area contributed by atoms with E-state index < -0.39 is 0 Å². The van der Waals surface area contributed by atoms with Crippen LogP contribution in [0, 0.1) is 5.92 Å². The van der Waals surface area contributed by atoms with Crippen LogP contribution >= 0.6 is 0 Å². The van der Waals surface area contributed by atoms with Gasteiger partial charge in [0.25, 0.3) is 0 Å². The van der Waals surface area contributed by atoms with Crippen LogP contribution in [-0.4, -0.2) is 65.1 Å². The maximum Gasteiger partial charge on any atom is 0.320 e. The average molecular weight is 289 g/mol. The second kappa shape index (κ2) is 6.28. The number of piperazine rings is 1. The fourth-order valence-electron chi connectivity index (χ4n) is 2.95. The first-order valence-corrected chi connectivity index (χ1v) is 7.80. The van der Waals surface area contributed by atoms with E-state index in [1.807, 2.05) is 15.9 Å². The van der Waals surface area contributed by atoms with Gasteiger partial charge in [-0.1, -0.05) is 6.92 Å². The molecule has 3 rings (SSSR count). The van der Waals surface area contributed by atoms with E-state index in [2.05, 4.69) is 21.8 Å². The van der Waals surface area contributed by atoms with Crippen LogP contribution in [0.25, 0.3) is 0 Å². The molecule has 21 heavy (non-hydrogen) atoms. The lowest BCUT2D eigenvalue weighted by Gasteiger charge is -2.39. The van der Waals surface area contributed by atoms with E-state index in [0.717, 1.165) is 64.0 Å². The number of likely N-dealkylation sites (tertiary alicyclic amines) is 1.